The molecule has 1 aliphatic rings. The Kier molecular flexibility index (Phi) is 6.82. The number of furan rings is 1. The van der Waals surface area contributed by atoms with Crippen molar-refractivity contribution in [2.75, 3.05) is 23.7 Å². The SMILES string of the molecule is CCC(C)NC(=O)CSc1nnc(N2CCC(C)CC2)n1Cc1ccco1. The Labute approximate surface area is 164 Å². The third-order valence-corrected chi connectivity index (χ3v) is 5.98. The average molecular weight is 392 g/mol. The number of anilines is 1. The van der Waals surface area contributed by atoms with Gasteiger partial charge in [0.2, 0.25) is 11.9 Å². The maximum atomic E-state index is 12.1. The molecule has 1 N–H and O–H groups in total. The van der Waals surface area contributed by atoms with Crippen LogP contribution in [0.3, 0.4) is 0 Å². The molecule has 1 fully saturated rings. The first kappa shape index (κ1) is 19.8. The first-order valence-electron chi connectivity index (χ1n) is 9.69. The predicted molar refractivity (Wildman–Crippen MR) is 107 cm³/mol. The Morgan fingerprint density at radius 1 is 1.41 bits per heavy atom. The van der Waals surface area contributed by atoms with Crippen LogP contribution in [0, 0.1) is 5.92 Å². The van der Waals surface area contributed by atoms with Gasteiger partial charge in [-0.25, -0.2) is 0 Å². The highest BCUT2D eigenvalue weighted by molar-refractivity contribution is 7.99. The number of amides is 1. The minimum Gasteiger partial charge on any atom is -0.467 e. The largest absolute Gasteiger partial charge is 0.467 e. The fourth-order valence-electron chi connectivity index (χ4n) is 3.08. The van der Waals surface area contributed by atoms with Crippen LogP contribution in [-0.4, -0.2) is 45.6 Å². The summed E-state index contributed by atoms with van der Waals surface area (Å²) in [7, 11) is 0. The van der Waals surface area contributed by atoms with Crippen LogP contribution in [0.2, 0.25) is 0 Å². The van der Waals surface area contributed by atoms with Gasteiger partial charge < -0.3 is 14.6 Å². The molecular weight excluding hydrogens is 362 g/mol. The van der Waals surface area contributed by atoms with Crippen LogP contribution >= 0.6 is 11.8 Å². The molecular formula is C19H29N5O2S. The average Bonchev–Trinajstić information content (AvgIpc) is 3.31. The lowest BCUT2D eigenvalue weighted by atomic mass is 10.00. The van der Waals surface area contributed by atoms with Crippen molar-refractivity contribution in [2.24, 2.45) is 5.92 Å². The smallest absolute Gasteiger partial charge is 0.230 e. The molecule has 148 valence electrons. The quantitative estimate of drug-likeness (QED) is 0.697. The summed E-state index contributed by atoms with van der Waals surface area (Å²) in [5, 5.41) is 12.6. The molecule has 0 bridgehead atoms. The van der Waals surface area contributed by atoms with Crippen LogP contribution < -0.4 is 10.2 Å². The second kappa shape index (κ2) is 9.30. The highest BCUT2D eigenvalue weighted by Gasteiger charge is 2.23. The van der Waals surface area contributed by atoms with Gasteiger partial charge in [0.15, 0.2) is 5.16 Å². The maximum Gasteiger partial charge on any atom is 0.230 e. The number of hydrogen-bond acceptors (Lipinski definition) is 6. The number of nitrogens with zero attached hydrogens (tertiary/aromatic N) is 4. The molecule has 1 saturated heterocycles. The molecule has 1 aliphatic heterocycles. The van der Waals surface area contributed by atoms with Gasteiger partial charge in [-0.3, -0.25) is 9.36 Å². The fraction of sp³-hybridized carbons (Fsp3) is 0.632. The molecule has 2 aromatic heterocycles. The van der Waals surface area contributed by atoms with E-state index in [2.05, 4.69) is 38.8 Å². The molecule has 0 saturated carbocycles. The van der Waals surface area contributed by atoms with E-state index in [0.717, 1.165) is 55.1 Å². The van der Waals surface area contributed by atoms with E-state index in [0.29, 0.717) is 12.3 Å². The van der Waals surface area contributed by atoms with Crippen molar-refractivity contribution in [3.8, 4) is 0 Å². The highest BCUT2D eigenvalue weighted by atomic mass is 32.2. The van der Waals surface area contributed by atoms with Gasteiger partial charge in [0.25, 0.3) is 0 Å². The van der Waals surface area contributed by atoms with E-state index in [1.54, 1.807) is 6.26 Å². The number of thioether (sulfide) groups is 1. The Bertz CT molecular complexity index is 723. The zero-order valence-corrected chi connectivity index (χ0v) is 17.2. The number of nitrogens with one attached hydrogen (secondary N) is 1. The van der Waals surface area contributed by atoms with Crippen molar-refractivity contribution in [1.29, 1.82) is 0 Å². The van der Waals surface area contributed by atoms with Crippen LogP contribution in [0.15, 0.2) is 28.0 Å². The number of hydrogen-bond donors (Lipinski definition) is 1. The number of carbonyl (C=O) groups is 1. The summed E-state index contributed by atoms with van der Waals surface area (Å²) in [5.74, 6) is 2.82. The van der Waals surface area contributed by atoms with Crippen LogP contribution in [0.25, 0.3) is 0 Å². The summed E-state index contributed by atoms with van der Waals surface area (Å²) in [6, 6.07) is 4.02. The summed E-state index contributed by atoms with van der Waals surface area (Å²) < 4.78 is 7.60. The van der Waals surface area contributed by atoms with Crippen molar-refractivity contribution in [3.05, 3.63) is 24.2 Å². The minimum absolute atomic E-state index is 0.0234. The van der Waals surface area contributed by atoms with Gasteiger partial charge in [-0.1, -0.05) is 25.6 Å². The van der Waals surface area contributed by atoms with E-state index in [1.807, 2.05) is 19.1 Å². The number of aromatic nitrogens is 3. The third kappa shape index (κ3) is 5.28. The zero-order valence-electron chi connectivity index (χ0n) is 16.4. The summed E-state index contributed by atoms with van der Waals surface area (Å²) in [6.07, 6.45) is 4.91. The summed E-state index contributed by atoms with van der Waals surface area (Å²) in [6.45, 7) is 8.90. The summed E-state index contributed by atoms with van der Waals surface area (Å²) in [4.78, 5) is 14.4. The Hall–Kier alpha value is -1.96. The summed E-state index contributed by atoms with van der Waals surface area (Å²) >= 11 is 1.42. The minimum atomic E-state index is 0.0234. The van der Waals surface area contributed by atoms with Crippen molar-refractivity contribution >= 4 is 23.6 Å². The van der Waals surface area contributed by atoms with Gasteiger partial charge in [-0.2, -0.15) is 0 Å². The molecule has 2 aromatic rings. The molecule has 0 aromatic carbocycles. The molecule has 1 unspecified atom stereocenters. The lowest BCUT2D eigenvalue weighted by molar-refractivity contribution is -0.119. The van der Waals surface area contributed by atoms with Gasteiger partial charge in [0.05, 0.1) is 18.6 Å². The molecule has 3 rings (SSSR count). The van der Waals surface area contributed by atoms with E-state index >= 15 is 0 Å². The molecule has 7 nitrogen and oxygen atoms in total. The van der Waals surface area contributed by atoms with Crippen molar-refractivity contribution < 1.29 is 9.21 Å². The van der Waals surface area contributed by atoms with Gasteiger partial charge in [-0.05, 0) is 44.2 Å². The Balaban J connectivity index is 1.73. The van der Waals surface area contributed by atoms with E-state index in [9.17, 15) is 4.79 Å². The molecule has 27 heavy (non-hydrogen) atoms. The molecule has 0 spiro atoms. The number of piperidine rings is 1. The second-order valence-electron chi connectivity index (χ2n) is 7.28. The van der Waals surface area contributed by atoms with Crippen molar-refractivity contribution in [2.45, 2.75) is 57.8 Å². The van der Waals surface area contributed by atoms with E-state index in [4.69, 9.17) is 4.42 Å². The van der Waals surface area contributed by atoms with Crippen molar-refractivity contribution in [3.63, 3.8) is 0 Å². The van der Waals surface area contributed by atoms with Gasteiger partial charge in [-0.15, -0.1) is 10.2 Å². The molecule has 8 heteroatoms. The molecule has 0 radical (unpaired) electrons. The number of carbonyl (C=O) groups excluding carboxylic acids is 1. The predicted octanol–water partition coefficient (Wildman–Crippen LogP) is 3.16. The maximum absolute atomic E-state index is 12.1. The van der Waals surface area contributed by atoms with Crippen LogP contribution in [0.4, 0.5) is 5.95 Å². The normalized spacial score (nSPS) is 16.5. The first-order chi connectivity index (χ1) is 13.1. The monoisotopic (exact) mass is 391 g/mol. The lowest BCUT2D eigenvalue weighted by Gasteiger charge is -2.31. The lowest BCUT2D eigenvalue weighted by Crippen LogP contribution is -2.35. The molecule has 0 aliphatic carbocycles. The second-order valence-corrected chi connectivity index (χ2v) is 8.23. The Morgan fingerprint density at radius 2 is 2.19 bits per heavy atom. The number of rotatable bonds is 8. The van der Waals surface area contributed by atoms with E-state index in [1.165, 1.54) is 11.8 Å². The van der Waals surface area contributed by atoms with Crippen LogP contribution in [-0.2, 0) is 11.3 Å². The van der Waals surface area contributed by atoms with Gasteiger partial charge in [0.1, 0.15) is 5.76 Å². The highest BCUT2D eigenvalue weighted by Crippen LogP contribution is 2.27. The van der Waals surface area contributed by atoms with Gasteiger partial charge >= 0.3 is 0 Å². The van der Waals surface area contributed by atoms with Crippen molar-refractivity contribution in [1.82, 2.24) is 20.1 Å². The van der Waals surface area contributed by atoms with E-state index < -0.39 is 0 Å². The first-order valence-corrected chi connectivity index (χ1v) is 10.7. The Morgan fingerprint density at radius 3 is 2.85 bits per heavy atom. The summed E-state index contributed by atoms with van der Waals surface area (Å²) in [5.41, 5.74) is 0. The van der Waals surface area contributed by atoms with Crippen LogP contribution in [0.5, 0.6) is 0 Å². The fourth-order valence-corrected chi connectivity index (χ4v) is 3.82. The molecule has 1 amide bonds. The standard InChI is InChI=1S/C19H29N5O2S/c1-4-15(3)20-17(25)13-27-19-22-21-18(23-9-7-14(2)8-10-23)24(19)12-16-6-5-11-26-16/h5-6,11,14-15H,4,7-10,12-13H2,1-3H3,(H,20,25). The van der Waals surface area contributed by atoms with Crippen LogP contribution in [0.1, 0.15) is 45.8 Å². The zero-order chi connectivity index (χ0) is 19.2. The topological polar surface area (TPSA) is 76.2 Å². The van der Waals surface area contributed by atoms with E-state index in [-0.39, 0.29) is 11.9 Å². The molecule has 3 heterocycles. The third-order valence-electron chi connectivity index (χ3n) is 5.01. The van der Waals surface area contributed by atoms with Gasteiger partial charge in [0, 0.05) is 19.1 Å². The molecule has 1 atom stereocenters.